The van der Waals surface area contributed by atoms with Crippen molar-refractivity contribution < 1.29 is 8.42 Å². The third-order valence-corrected chi connectivity index (χ3v) is 6.87. The molecule has 0 amide bonds. The molecule has 1 aromatic rings. The fraction of sp³-hybridized carbons (Fsp3) is 0.714. The van der Waals surface area contributed by atoms with E-state index in [4.69, 9.17) is 0 Å². The molecule has 0 spiro atoms. The molecule has 0 aliphatic heterocycles. The number of nitrogens with zero attached hydrogens (tertiary/aromatic N) is 1. The maximum absolute atomic E-state index is 12.3. The van der Waals surface area contributed by atoms with Gasteiger partial charge in [-0.1, -0.05) is 6.92 Å². The van der Waals surface area contributed by atoms with Crippen LogP contribution in [0.5, 0.6) is 0 Å². The number of hydrogen-bond acceptors (Lipinski definition) is 5. The first-order valence-electron chi connectivity index (χ1n) is 7.25. The van der Waals surface area contributed by atoms with Gasteiger partial charge in [-0.3, -0.25) is 0 Å². The van der Waals surface area contributed by atoms with Gasteiger partial charge in [0.1, 0.15) is 4.21 Å². The Labute approximate surface area is 132 Å². The van der Waals surface area contributed by atoms with E-state index in [1.54, 1.807) is 6.07 Å². The van der Waals surface area contributed by atoms with E-state index in [2.05, 4.69) is 28.8 Å². The molecule has 7 heteroatoms. The highest BCUT2D eigenvalue weighted by atomic mass is 32.2. The average molecular weight is 334 g/mol. The molecular weight excluding hydrogens is 306 g/mol. The minimum Gasteiger partial charge on any atom is -0.315 e. The van der Waals surface area contributed by atoms with Gasteiger partial charge in [0.05, 0.1) is 0 Å². The number of aryl methyl sites for hydroxylation is 1. The Morgan fingerprint density at radius 1 is 1.43 bits per heavy atom. The maximum atomic E-state index is 12.3. The van der Waals surface area contributed by atoms with Crippen molar-refractivity contribution in [1.82, 2.24) is 14.9 Å². The molecule has 0 aliphatic carbocycles. The Balaban J connectivity index is 2.63. The lowest BCUT2D eigenvalue weighted by Gasteiger charge is -2.23. The summed E-state index contributed by atoms with van der Waals surface area (Å²) in [5, 5.41) is 3.06. The van der Waals surface area contributed by atoms with Crippen molar-refractivity contribution in [1.29, 1.82) is 0 Å². The SMILES string of the molecule is CCC(C)N(C)CCNS(=O)(=O)c1cc(C)c(CNC)s1. The number of nitrogens with one attached hydrogen (secondary N) is 2. The summed E-state index contributed by atoms with van der Waals surface area (Å²) in [5.74, 6) is 0. The molecule has 1 aromatic heterocycles. The van der Waals surface area contributed by atoms with Gasteiger partial charge in [-0.05, 0) is 46.0 Å². The van der Waals surface area contributed by atoms with Crippen LogP contribution in [0.1, 0.15) is 30.7 Å². The molecular formula is C14H27N3O2S2. The van der Waals surface area contributed by atoms with Gasteiger partial charge in [-0.25, -0.2) is 13.1 Å². The fourth-order valence-corrected chi connectivity index (χ4v) is 4.58. The van der Waals surface area contributed by atoms with Gasteiger partial charge >= 0.3 is 0 Å². The van der Waals surface area contributed by atoms with E-state index >= 15 is 0 Å². The molecule has 1 heterocycles. The Morgan fingerprint density at radius 3 is 2.67 bits per heavy atom. The van der Waals surface area contributed by atoms with E-state index in [1.807, 2.05) is 21.0 Å². The molecule has 0 aliphatic rings. The van der Waals surface area contributed by atoms with Crippen LogP contribution in [0.4, 0.5) is 0 Å². The van der Waals surface area contributed by atoms with Gasteiger partial charge in [0.2, 0.25) is 10.0 Å². The summed E-state index contributed by atoms with van der Waals surface area (Å²) in [6.07, 6.45) is 1.06. The van der Waals surface area contributed by atoms with Crippen LogP contribution in [-0.2, 0) is 16.6 Å². The summed E-state index contributed by atoms with van der Waals surface area (Å²) in [4.78, 5) is 3.23. The Bertz CT molecular complexity index is 540. The predicted molar refractivity (Wildman–Crippen MR) is 89.4 cm³/mol. The topological polar surface area (TPSA) is 61.4 Å². The third-order valence-electron chi connectivity index (χ3n) is 3.70. The van der Waals surface area contributed by atoms with Gasteiger partial charge < -0.3 is 10.2 Å². The van der Waals surface area contributed by atoms with Crippen molar-refractivity contribution in [2.24, 2.45) is 0 Å². The lowest BCUT2D eigenvalue weighted by Crippen LogP contribution is -2.36. The van der Waals surface area contributed by atoms with Crippen molar-refractivity contribution >= 4 is 21.4 Å². The molecule has 0 saturated heterocycles. The second-order valence-electron chi connectivity index (χ2n) is 5.34. The van der Waals surface area contributed by atoms with Crippen molar-refractivity contribution in [3.05, 3.63) is 16.5 Å². The summed E-state index contributed by atoms with van der Waals surface area (Å²) in [7, 11) is 0.480. The standard InChI is InChI=1S/C14H27N3O2S2/c1-6-12(3)17(5)8-7-16-21(18,19)14-9-11(2)13(20-14)10-15-4/h9,12,15-16H,6-8,10H2,1-5H3. The van der Waals surface area contributed by atoms with E-state index in [0.29, 0.717) is 29.9 Å². The second kappa shape index (κ2) is 8.24. The molecule has 0 saturated carbocycles. The molecule has 1 atom stereocenters. The average Bonchev–Trinajstić information content (AvgIpc) is 2.80. The highest BCUT2D eigenvalue weighted by Crippen LogP contribution is 2.25. The molecule has 21 heavy (non-hydrogen) atoms. The second-order valence-corrected chi connectivity index (χ2v) is 8.47. The number of hydrogen-bond donors (Lipinski definition) is 2. The van der Waals surface area contributed by atoms with Crippen molar-refractivity contribution in [2.75, 3.05) is 27.2 Å². The van der Waals surface area contributed by atoms with Gasteiger partial charge in [0.15, 0.2) is 0 Å². The van der Waals surface area contributed by atoms with Crippen LogP contribution in [-0.4, -0.2) is 46.5 Å². The van der Waals surface area contributed by atoms with Crippen LogP contribution in [0, 0.1) is 6.92 Å². The molecule has 0 aromatic carbocycles. The molecule has 1 rings (SSSR count). The molecule has 122 valence electrons. The molecule has 2 N–H and O–H groups in total. The summed E-state index contributed by atoms with van der Waals surface area (Å²) in [6.45, 7) is 8.05. The Morgan fingerprint density at radius 2 is 2.10 bits per heavy atom. The van der Waals surface area contributed by atoms with Crippen LogP contribution in [0.3, 0.4) is 0 Å². The molecule has 0 radical (unpaired) electrons. The molecule has 5 nitrogen and oxygen atoms in total. The summed E-state index contributed by atoms with van der Waals surface area (Å²) < 4.78 is 27.7. The highest BCUT2D eigenvalue weighted by Gasteiger charge is 2.18. The van der Waals surface area contributed by atoms with Crippen molar-refractivity contribution in [2.45, 2.75) is 44.0 Å². The molecule has 1 unspecified atom stereocenters. The van der Waals surface area contributed by atoms with Crippen molar-refractivity contribution in [3.63, 3.8) is 0 Å². The molecule has 0 fully saturated rings. The van der Waals surface area contributed by atoms with Gasteiger partial charge in [0.25, 0.3) is 0 Å². The first-order valence-corrected chi connectivity index (χ1v) is 9.55. The predicted octanol–water partition coefficient (Wildman–Crippen LogP) is 1.78. The third kappa shape index (κ3) is 5.34. The number of sulfonamides is 1. The van der Waals surface area contributed by atoms with Crippen LogP contribution >= 0.6 is 11.3 Å². The largest absolute Gasteiger partial charge is 0.315 e. The summed E-state index contributed by atoms with van der Waals surface area (Å²) in [6, 6.07) is 2.21. The minimum atomic E-state index is -3.39. The normalized spacial score (nSPS) is 13.8. The van der Waals surface area contributed by atoms with E-state index in [1.165, 1.54) is 11.3 Å². The monoisotopic (exact) mass is 333 g/mol. The van der Waals surface area contributed by atoms with Crippen molar-refractivity contribution in [3.8, 4) is 0 Å². The zero-order valence-corrected chi connectivity index (χ0v) is 15.2. The minimum absolute atomic E-state index is 0.399. The first-order chi connectivity index (χ1) is 9.81. The van der Waals surface area contributed by atoms with Crippen LogP contribution in [0.25, 0.3) is 0 Å². The molecule has 0 bridgehead atoms. The zero-order chi connectivity index (χ0) is 16.0. The Kier molecular flexibility index (Phi) is 7.29. The highest BCUT2D eigenvalue weighted by molar-refractivity contribution is 7.91. The number of thiophene rings is 1. The van der Waals surface area contributed by atoms with E-state index in [0.717, 1.165) is 16.9 Å². The number of rotatable bonds is 9. The van der Waals surface area contributed by atoms with Gasteiger partial charge in [-0.15, -0.1) is 11.3 Å². The summed E-state index contributed by atoms with van der Waals surface area (Å²) in [5.41, 5.74) is 1.02. The van der Waals surface area contributed by atoms with E-state index in [9.17, 15) is 8.42 Å². The summed E-state index contributed by atoms with van der Waals surface area (Å²) >= 11 is 1.33. The quantitative estimate of drug-likeness (QED) is 0.723. The van der Waals surface area contributed by atoms with Crippen LogP contribution < -0.4 is 10.0 Å². The fourth-order valence-electron chi connectivity index (χ4n) is 1.92. The zero-order valence-electron chi connectivity index (χ0n) is 13.6. The van der Waals surface area contributed by atoms with Crippen LogP contribution in [0.2, 0.25) is 0 Å². The smallest absolute Gasteiger partial charge is 0.250 e. The lowest BCUT2D eigenvalue weighted by molar-refractivity contribution is 0.256. The van der Waals surface area contributed by atoms with E-state index < -0.39 is 10.0 Å². The maximum Gasteiger partial charge on any atom is 0.250 e. The number of likely N-dealkylation sites (N-methyl/N-ethyl adjacent to an activating group) is 1. The first kappa shape index (κ1) is 18.6. The van der Waals surface area contributed by atoms with Gasteiger partial charge in [-0.2, -0.15) is 0 Å². The lowest BCUT2D eigenvalue weighted by atomic mass is 10.2. The van der Waals surface area contributed by atoms with E-state index in [-0.39, 0.29) is 0 Å². The van der Waals surface area contributed by atoms with Gasteiger partial charge in [0, 0.05) is 30.6 Å². The van der Waals surface area contributed by atoms with Crippen LogP contribution in [0.15, 0.2) is 10.3 Å². The Hall–Kier alpha value is -0.470.